The maximum absolute atomic E-state index is 12.5. The molecular weight excluding hydrogens is 418 g/mol. The lowest BCUT2D eigenvalue weighted by Gasteiger charge is -2.34. The summed E-state index contributed by atoms with van der Waals surface area (Å²) in [7, 11) is 0. The van der Waals surface area contributed by atoms with Gasteiger partial charge in [0, 0.05) is 32.7 Å². The molecule has 1 aromatic heterocycles. The lowest BCUT2D eigenvalue weighted by Crippen LogP contribution is -2.49. The predicted octanol–water partition coefficient (Wildman–Crippen LogP) is 2.58. The number of hydrogen-bond acceptors (Lipinski definition) is 6. The Morgan fingerprint density at radius 1 is 1.06 bits per heavy atom. The summed E-state index contributed by atoms with van der Waals surface area (Å²) < 4.78 is 13.7. The molecule has 0 N–H and O–H groups in total. The van der Waals surface area contributed by atoms with Crippen molar-refractivity contribution in [1.29, 1.82) is 0 Å². The summed E-state index contributed by atoms with van der Waals surface area (Å²) in [6.45, 7) is 6.98. The van der Waals surface area contributed by atoms with Crippen LogP contribution in [0.2, 0.25) is 0 Å². The summed E-state index contributed by atoms with van der Waals surface area (Å²) in [5.41, 5.74) is 4.34. The monoisotopic (exact) mass is 447 g/mol. The van der Waals surface area contributed by atoms with Gasteiger partial charge in [-0.05, 0) is 24.6 Å². The molecule has 1 saturated heterocycles. The second-order valence-electron chi connectivity index (χ2n) is 8.63. The van der Waals surface area contributed by atoms with Gasteiger partial charge in [-0.2, -0.15) is 0 Å². The molecule has 2 aromatic carbocycles. The van der Waals surface area contributed by atoms with Gasteiger partial charge in [-0.25, -0.2) is 4.68 Å². The van der Waals surface area contributed by atoms with E-state index in [0.717, 1.165) is 42.3 Å². The largest absolute Gasteiger partial charge is 0.484 e. The van der Waals surface area contributed by atoms with Crippen LogP contribution in [0.1, 0.15) is 28.6 Å². The molecule has 2 aliphatic heterocycles. The van der Waals surface area contributed by atoms with E-state index in [1.165, 1.54) is 5.56 Å². The fourth-order valence-corrected chi connectivity index (χ4v) is 4.29. The number of rotatable bonds is 6. The summed E-state index contributed by atoms with van der Waals surface area (Å²) >= 11 is 0. The minimum absolute atomic E-state index is 0.00457. The normalized spacial score (nSPS) is 18.7. The number of amides is 1. The molecule has 8 heteroatoms. The lowest BCUT2D eigenvalue weighted by molar-refractivity contribution is -0.135. The number of ether oxygens (including phenoxy) is 2. The van der Waals surface area contributed by atoms with Crippen molar-refractivity contribution in [2.24, 2.45) is 0 Å². The van der Waals surface area contributed by atoms with Crippen molar-refractivity contribution in [2.75, 3.05) is 32.8 Å². The standard InChI is InChI=1S/C25H29N5O3/c1-19-7-9-21(10-8-19)32-18-25(31)29-13-11-28(12-14-29)15-22-23-17-33-24(16-30(23)27-26-22)20-5-3-2-4-6-20/h2-10,24H,11-18H2,1H3/t24-/m1/s1. The highest BCUT2D eigenvalue weighted by Crippen LogP contribution is 2.27. The number of aromatic nitrogens is 3. The van der Waals surface area contributed by atoms with Crippen LogP contribution in [-0.4, -0.2) is 63.5 Å². The Labute approximate surface area is 193 Å². The Hall–Kier alpha value is -3.23. The van der Waals surface area contributed by atoms with Gasteiger partial charge in [-0.15, -0.1) is 5.10 Å². The van der Waals surface area contributed by atoms with Gasteiger partial charge in [-0.1, -0.05) is 53.2 Å². The summed E-state index contributed by atoms with van der Waals surface area (Å²) in [6, 6.07) is 18.0. The third-order valence-corrected chi connectivity index (χ3v) is 6.33. The lowest BCUT2D eigenvalue weighted by atomic mass is 10.1. The van der Waals surface area contributed by atoms with Crippen molar-refractivity contribution in [2.45, 2.75) is 32.7 Å². The fourth-order valence-electron chi connectivity index (χ4n) is 4.29. The third-order valence-electron chi connectivity index (χ3n) is 6.33. The zero-order valence-corrected chi connectivity index (χ0v) is 18.9. The molecule has 0 unspecified atom stereocenters. The SMILES string of the molecule is Cc1ccc(OCC(=O)N2CCN(Cc3nnn4c3CO[C@@H](c3ccccc3)C4)CC2)cc1. The van der Waals surface area contributed by atoms with Crippen LogP contribution >= 0.6 is 0 Å². The second-order valence-corrected chi connectivity index (χ2v) is 8.63. The van der Waals surface area contributed by atoms with Crippen LogP contribution in [0.3, 0.4) is 0 Å². The average molecular weight is 448 g/mol. The quantitative estimate of drug-likeness (QED) is 0.578. The zero-order chi connectivity index (χ0) is 22.6. The summed E-state index contributed by atoms with van der Waals surface area (Å²) in [5.74, 6) is 0.748. The van der Waals surface area contributed by atoms with E-state index in [1.54, 1.807) is 0 Å². The van der Waals surface area contributed by atoms with E-state index in [0.29, 0.717) is 26.2 Å². The number of carbonyl (C=O) groups excluding carboxylic acids is 1. The third kappa shape index (κ3) is 5.07. The predicted molar refractivity (Wildman–Crippen MR) is 123 cm³/mol. The van der Waals surface area contributed by atoms with Crippen molar-refractivity contribution in [3.8, 4) is 5.75 Å². The van der Waals surface area contributed by atoms with Crippen molar-refractivity contribution >= 4 is 5.91 Å². The van der Waals surface area contributed by atoms with E-state index in [1.807, 2.05) is 59.0 Å². The highest BCUT2D eigenvalue weighted by atomic mass is 16.5. The van der Waals surface area contributed by atoms with Crippen molar-refractivity contribution in [3.05, 3.63) is 77.1 Å². The molecule has 1 atom stereocenters. The molecule has 5 rings (SSSR count). The second kappa shape index (κ2) is 9.72. The van der Waals surface area contributed by atoms with Crippen LogP contribution in [0.25, 0.3) is 0 Å². The molecule has 0 aliphatic carbocycles. The highest BCUT2D eigenvalue weighted by molar-refractivity contribution is 5.77. The first kappa shape index (κ1) is 21.6. The van der Waals surface area contributed by atoms with E-state index in [-0.39, 0.29) is 18.6 Å². The van der Waals surface area contributed by atoms with Gasteiger partial charge in [0.1, 0.15) is 17.5 Å². The fraction of sp³-hybridized carbons (Fsp3) is 0.400. The van der Waals surface area contributed by atoms with Crippen LogP contribution in [0.4, 0.5) is 0 Å². The van der Waals surface area contributed by atoms with Crippen LogP contribution in [0.5, 0.6) is 5.75 Å². The van der Waals surface area contributed by atoms with E-state index < -0.39 is 0 Å². The van der Waals surface area contributed by atoms with Crippen molar-refractivity contribution < 1.29 is 14.3 Å². The molecule has 1 fully saturated rings. The topological polar surface area (TPSA) is 72.7 Å². The van der Waals surface area contributed by atoms with Crippen LogP contribution < -0.4 is 4.74 Å². The summed E-state index contributed by atoms with van der Waals surface area (Å²) in [5, 5.41) is 8.81. The molecule has 1 amide bonds. The maximum Gasteiger partial charge on any atom is 0.260 e. The Balaban J connectivity index is 1.11. The smallest absolute Gasteiger partial charge is 0.260 e. The number of carbonyl (C=O) groups is 1. The molecule has 172 valence electrons. The van der Waals surface area contributed by atoms with Gasteiger partial charge in [-0.3, -0.25) is 9.69 Å². The number of nitrogens with zero attached hydrogens (tertiary/aromatic N) is 5. The van der Waals surface area contributed by atoms with E-state index in [9.17, 15) is 4.79 Å². The Bertz CT molecular complexity index is 1080. The summed E-state index contributed by atoms with van der Waals surface area (Å²) in [6.07, 6.45) is 0.00457. The van der Waals surface area contributed by atoms with E-state index >= 15 is 0 Å². The number of benzene rings is 2. The maximum atomic E-state index is 12.5. The first-order chi connectivity index (χ1) is 16.2. The average Bonchev–Trinajstić information content (AvgIpc) is 3.26. The Kier molecular flexibility index (Phi) is 6.37. The first-order valence-electron chi connectivity index (χ1n) is 11.4. The molecule has 33 heavy (non-hydrogen) atoms. The molecule has 0 bridgehead atoms. The zero-order valence-electron chi connectivity index (χ0n) is 18.9. The summed E-state index contributed by atoms with van der Waals surface area (Å²) in [4.78, 5) is 16.7. The number of hydrogen-bond donors (Lipinski definition) is 0. The van der Waals surface area contributed by atoms with Gasteiger partial charge in [0.25, 0.3) is 5.91 Å². The van der Waals surface area contributed by atoms with Gasteiger partial charge >= 0.3 is 0 Å². The van der Waals surface area contributed by atoms with Crippen LogP contribution in [-0.2, 0) is 29.2 Å². The van der Waals surface area contributed by atoms with Gasteiger partial charge < -0.3 is 14.4 Å². The minimum atomic E-state index is 0.00457. The first-order valence-corrected chi connectivity index (χ1v) is 11.4. The van der Waals surface area contributed by atoms with E-state index in [4.69, 9.17) is 9.47 Å². The van der Waals surface area contributed by atoms with Crippen LogP contribution in [0.15, 0.2) is 54.6 Å². The molecule has 3 heterocycles. The van der Waals surface area contributed by atoms with Gasteiger partial charge in [0.2, 0.25) is 0 Å². The molecule has 2 aliphatic rings. The van der Waals surface area contributed by atoms with E-state index in [2.05, 4.69) is 27.3 Å². The highest BCUT2D eigenvalue weighted by Gasteiger charge is 2.27. The number of aryl methyl sites for hydroxylation is 1. The molecule has 8 nitrogen and oxygen atoms in total. The van der Waals surface area contributed by atoms with Crippen LogP contribution in [0, 0.1) is 6.92 Å². The number of piperazine rings is 1. The Morgan fingerprint density at radius 3 is 2.58 bits per heavy atom. The molecule has 0 radical (unpaired) electrons. The molecule has 0 spiro atoms. The Morgan fingerprint density at radius 2 is 1.82 bits per heavy atom. The minimum Gasteiger partial charge on any atom is -0.484 e. The van der Waals surface area contributed by atoms with Crippen molar-refractivity contribution in [3.63, 3.8) is 0 Å². The molecule has 0 saturated carbocycles. The van der Waals surface area contributed by atoms with Gasteiger partial charge in [0.05, 0.1) is 18.8 Å². The van der Waals surface area contributed by atoms with Crippen molar-refractivity contribution in [1.82, 2.24) is 24.8 Å². The molecule has 3 aromatic rings. The van der Waals surface area contributed by atoms with Gasteiger partial charge in [0.15, 0.2) is 6.61 Å². The number of fused-ring (bicyclic) bond motifs is 1. The molecular formula is C25H29N5O3.